The van der Waals surface area contributed by atoms with Gasteiger partial charge in [0.1, 0.15) is 13.2 Å². The molecule has 0 aliphatic heterocycles. The zero-order valence-electron chi connectivity index (χ0n) is 13.5. The van der Waals surface area contributed by atoms with Crippen LogP contribution in [-0.2, 0) is 22.7 Å². The maximum Gasteiger partial charge on any atom is 0.328 e. The minimum atomic E-state index is -0.595. The highest BCUT2D eigenvalue weighted by Crippen LogP contribution is 2.15. The van der Waals surface area contributed by atoms with Gasteiger partial charge in [-0.05, 0) is 36.1 Å². The monoisotopic (exact) mass is 356 g/mol. The molecular weight excluding hydrogens is 340 g/mol. The van der Waals surface area contributed by atoms with Gasteiger partial charge in [-0.1, -0.05) is 24.3 Å². The minimum Gasteiger partial charge on any atom is -0.459 e. The first-order chi connectivity index (χ1) is 12.1. The molecule has 1 N–H and O–H groups in total. The van der Waals surface area contributed by atoms with E-state index in [1.807, 2.05) is 30.5 Å². The average molecular weight is 356 g/mol. The Kier molecular flexibility index (Phi) is 5.04. The topological polar surface area (TPSA) is 81.2 Å². The molecule has 7 heteroatoms. The molecule has 25 heavy (non-hydrogen) atoms. The van der Waals surface area contributed by atoms with Crippen LogP contribution in [-0.4, -0.2) is 22.0 Å². The van der Waals surface area contributed by atoms with Crippen molar-refractivity contribution in [2.45, 2.75) is 18.0 Å². The summed E-state index contributed by atoms with van der Waals surface area (Å²) in [5.74, 6) is -0.595. The average Bonchev–Trinajstić information content (AvgIpc) is 2.64. The van der Waals surface area contributed by atoms with Crippen molar-refractivity contribution < 1.29 is 9.53 Å². The number of hydrogen-bond acceptors (Lipinski definition) is 5. The second-order valence-corrected chi connectivity index (χ2v) is 6.27. The molecule has 0 fully saturated rings. The predicted molar refractivity (Wildman–Crippen MR) is 96.8 cm³/mol. The van der Waals surface area contributed by atoms with Gasteiger partial charge in [0, 0.05) is 4.90 Å². The molecule has 0 radical (unpaired) electrons. The van der Waals surface area contributed by atoms with Crippen LogP contribution in [0.1, 0.15) is 5.56 Å². The molecule has 0 aliphatic rings. The summed E-state index contributed by atoms with van der Waals surface area (Å²) < 4.78 is 6.16. The number of carbonyl (C=O) groups is 1. The molecule has 1 heterocycles. The highest BCUT2D eigenvalue weighted by molar-refractivity contribution is 7.98. The van der Waals surface area contributed by atoms with Gasteiger partial charge in [0.05, 0.1) is 10.8 Å². The maximum absolute atomic E-state index is 12.3. The number of aromatic amines is 1. The summed E-state index contributed by atoms with van der Waals surface area (Å²) in [5, 5.41) is 2.98. The quantitative estimate of drug-likeness (QED) is 0.560. The fraction of sp³-hybridized carbons (Fsp3) is 0.167. The number of ether oxygens (including phenoxy) is 1. The van der Waals surface area contributed by atoms with Crippen molar-refractivity contribution in [2.75, 3.05) is 6.26 Å². The number of thioether (sulfide) groups is 1. The van der Waals surface area contributed by atoms with Crippen molar-refractivity contribution >= 4 is 28.5 Å². The van der Waals surface area contributed by atoms with Crippen molar-refractivity contribution in [1.29, 1.82) is 0 Å². The van der Waals surface area contributed by atoms with Crippen LogP contribution >= 0.6 is 11.8 Å². The highest BCUT2D eigenvalue weighted by Gasteiger charge is 2.11. The summed E-state index contributed by atoms with van der Waals surface area (Å²) in [7, 11) is 0. The Bertz CT molecular complexity index is 1020. The lowest BCUT2D eigenvalue weighted by molar-refractivity contribution is -0.146. The van der Waals surface area contributed by atoms with Crippen LogP contribution in [0.2, 0.25) is 0 Å². The van der Waals surface area contributed by atoms with Crippen LogP contribution in [0.3, 0.4) is 0 Å². The van der Waals surface area contributed by atoms with E-state index in [1.165, 1.54) is 0 Å². The first-order valence-corrected chi connectivity index (χ1v) is 8.81. The SMILES string of the molecule is CSc1ccc(COC(=O)Cn2[nH]c(=O)c3ccccc3c2=O)cc1. The molecule has 128 valence electrons. The van der Waals surface area contributed by atoms with Crippen molar-refractivity contribution in [3.05, 3.63) is 74.8 Å². The number of fused-ring (bicyclic) bond motifs is 1. The number of H-pyrrole nitrogens is 1. The van der Waals surface area contributed by atoms with E-state index in [0.29, 0.717) is 5.39 Å². The molecule has 6 nitrogen and oxygen atoms in total. The standard InChI is InChI=1S/C18H16N2O4S/c1-25-13-8-6-12(7-9-13)11-24-16(21)10-20-18(23)15-5-3-2-4-14(15)17(22)19-20/h2-9H,10-11H2,1H3,(H,19,22). The number of esters is 1. The summed E-state index contributed by atoms with van der Waals surface area (Å²) in [6.45, 7) is -0.234. The van der Waals surface area contributed by atoms with E-state index in [1.54, 1.807) is 36.0 Å². The third-order valence-corrected chi connectivity index (χ3v) is 4.47. The summed E-state index contributed by atoms with van der Waals surface area (Å²) >= 11 is 1.63. The molecule has 0 amide bonds. The van der Waals surface area contributed by atoms with Crippen LogP contribution in [0.5, 0.6) is 0 Å². The number of nitrogens with one attached hydrogen (secondary N) is 1. The van der Waals surface area contributed by atoms with Gasteiger partial charge in [0.15, 0.2) is 0 Å². The van der Waals surface area contributed by atoms with Crippen molar-refractivity contribution in [3.63, 3.8) is 0 Å². The Morgan fingerprint density at radius 1 is 1.08 bits per heavy atom. The lowest BCUT2D eigenvalue weighted by Crippen LogP contribution is -2.32. The van der Waals surface area contributed by atoms with Crippen LogP contribution in [0.15, 0.2) is 63.0 Å². The van der Waals surface area contributed by atoms with Crippen LogP contribution < -0.4 is 11.1 Å². The van der Waals surface area contributed by atoms with Crippen molar-refractivity contribution in [1.82, 2.24) is 9.78 Å². The first kappa shape index (κ1) is 17.0. The second-order valence-electron chi connectivity index (χ2n) is 5.39. The minimum absolute atomic E-state index is 0.111. The molecule has 3 aromatic rings. The highest BCUT2D eigenvalue weighted by atomic mass is 32.2. The summed E-state index contributed by atoms with van der Waals surface area (Å²) in [4.78, 5) is 37.5. The van der Waals surface area contributed by atoms with Gasteiger partial charge in [-0.2, -0.15) is 0 Å². The number of nitrogens with zero attached hydrogens (tertiary/aromatic N) is 1. The first-order valence-electron chi connectivity index (χ1n) is 7.59. The van der Waals surface area contributed by atoms with Gasteiger partial charge in [0.25, 0.3) is 11.1 Å². The van der Waals surface area contributed by atoms with E-state index >= 15 is 0 Å². The molecule has 0 saturated carbocycles. The predicted octanol–water partition coefficient (Wildman–Crippen LogP) is 2.16. The maximum atomic E-state index is 12.3. The molecular formula is C18H16N2O4S. The lowest BCUT2D eigenvalue weighted by Gasteiger charge is -2.08. The zero-order valence-corrected chi connectivity index (χ0v) is 14.3. The van der Waals surface area contributed by atoms with Gasteiger partial charge in [-0.15, -0.1) is 11.8 Å². The van der Waals surface area contributed by atoms with E-state index in [-0.39, 0.29) is 18.5 Å². The summed E-state index contributed by atoms with van der Waals surface area (Å²) in [5.41, 5.74) is -0.00219. The third-order valence-electron chi connectivity index (χ3n) is 3.73. The van der Waals surface area contributed by atoms with E-state index in [0.717, 1.165) is 15.1 Å². The fourth-order valence-corrected chi connectivity index (χ4v) is 2.83. The van der Waals surface area contributed by atoms with Crippen LogP contribution in [0, 0.1) is 0 Å². The smallest absolute Gasteiger partial charge is 0.328 e. The van der Waals surface area contributed by atoms with Crippen molar-refractivity contribution in [2.24, 2.45) is 0 Å². The van der Waals surface area contributed by atoms with E-state index in [4.69, 9.17) is 4.74 Å². The van der Waals surface area contributed by atoms with Gasteiger partial charge in [-0.25, -0.2) is 4.68 Å². The summed E-state index contributed by atoms with van der Waals surface area (Å²) in [6.07, 6.45) is 1.98. The Balaban J connectivity index is 1.72. The van der Waals surface area contributed by atoms with E-state index in [2.05, 4.69) is 5.10 Å². The second kappa shape index (κ2) is 7.40. The molecule has 3 rings (SSSR count). The molecule has 0 spiro atoms. The number of hydrogen-bond donors (Lipinski definition) is 1. The normalized spacial score (nSPS) is 10.8. The lowest BCUT2D eigenvalue weighted by atomic mass is 10.2. The van der Waals surface area contributed by atoms with Gasteiger partial charge < -0.3 is 4.74 Å². The number of carbonyl (C=O) groups excluding carboxylic acids is 1. The Morgan fingerprint density at radius 2 is 1.76 bits per heavy atom. The van der Waals surface area contributed by atoms with Crippen LogP contribution in [0.4, 0.5) is 0 Å². The molecule has 0 unspecified atom stereocenters. The van der Waals surface area contributed by atoms with Gasteiger partial charge in [-0.3, -0.25) is 19.5 Å². The molecule has 1 aromatic heterocycles. The molecule has 0 aliphatic carbocycles. The molecule has 0 saturated heterocycles. The Labute approximate surface area is 147 Å². The van der Waals surface area contributed by atoms with Gasteiger partial charge in [0.2, 0.25) is 0 Å². The fourth-order valence-electron chi connectivity index (χ4n) is 2.42. The van der Waals surface area contributed by atoms with E-state index in [9.17, 15) is 14.4 Å². The van der Waals surface area contributed by atoms with Crippen LogP contribution in [0.25, 0.3) is 10.8 Å². The largest absolute Gasteiger partial charge is 0.459 e. The third kappa shape index (κ3) is 3.83. The number of rotatable bonds is 5. The van der Waals surface area contributed by atoms with Crippen molar-refractivity contribution in [3.8, 4) is 0 Å². The number of aromatic nitrogens is 2. The Morgan fingerprint density at radius 3 is 2.44 bits per heavy atom. The molecule has 0 bridgehead atoms. The summed E-state index contributed by atoms with van der Waals surface area (Å²) in [6, 6.07) is 14.1. The zero-order chi connectivity index (χ0) is 17.8. The molecule has 2 aromatic carbocycles. The number of benzene rings is 2. The van der Waals surface area contributed by atoms with Gasteiger partial charge >= 0.3 is 5.97 Å². The Hall–Kier alpha value is -2.80. The molecule has 0 atom stereocenters. The van der Waals surface area contributed by atoms with E-state index < -0.39 is 17.1 Å².